The molecule has 0 aliphatic carbocycles. The second kappa shape index (κ2) is 10.0. The Kier molecular flexibility index (Phi) is 6.40. The first-order valence-electron chi connectivity index (χ1n) is 13.2. The van der Waals surface area contributed by atoms with Crippen LogP contribution in [0.5, 0.6) is 0 Å². The van der Waals surface area contributed by atoms with Crippen LogP contribution in [-0.4, -0.2) is 73.8 Å². The molecule has 10 heteroatoms. The van der Waals surface area contributed by atoms with Crippen molar-refractivity contribution in [2.45, 2.75) is 25.3 Å². The number of amides is 1. The zero-order chi connectivity index (χ0) is 27.1. The number of likely N-dealkylation sites (tertiary alicyclic amines) is 1. The van der Waals surface area contributed by atoms with Crippen LogP contribution >= 0.6 is 0 Å². The molecule has 6 rings (SSSR count). The molecule has 0 spiro atoms. The number of hydrogen-bond donors (Lipinski definition) is 2. The second-order valence-corrected chi connectivity index (χ2v) is 10.5. The number of nitrogens with two attached hydrogens (primary N) is 2. The smallest absolute Gasteiger partial charge is 0.236 e. The summed E-state index contributed by atoms with van der Waals surface area (Å²) in [6.45, 7) is 2.49. The third-order valence-corrected chi connectivity index (χ3v) is 7.59. The number of fused-ring (bicyclic) bond motifs is 2. The molecule has 0 saturated carbocycles. The van der Waals surface area contributed by atoms with Gasteiger partial charge in [0.05, 0.1) is 18.6 Å². The molecule has 200 valence electrons. The van der Waals surface area contributed by atoms with E-state index in [9.17, 15) is 4.79 Å². The SMILES string of the molecule is CN(C)CC(=O)N1CCC(c2cc(-c3ccc4c(N)n(Cc5ccccc5)nc4c3)c3c(N)ncnn23)CC1. The molecule has 1 fully saturated rings. The van der Waals surface area contributed by atoms with Gasteiger partial charge in [-0.2, -0.15) is 10.2 Å². The van der Waals surface area contributed by atoms with Crippen molar-refractivity contribution in [2.75, 3.05) is 45.2 Å². The largest absolute Gasteiger partial charge is 0.383 e. The molecule has 3 aromatic heterocycles. The summed E-state index contributed by atoms with van der Waals surface area (Å²) >= 11 is 0. The molecule has 4 N–H and O–H groups in total. The number of hydrogen-bond acceptors (Lipinski definition) is 7. The van der Waals surface area contributed by atoms with Crippen LogP contribution in [0.25, 0.3) is 27.5 Å². The summed E-state index contributed by atoms with van der Waals surface area (Å²) in [5.41, 5.74) is 18.7. The second-order valence-electron chi connectivity index (χ2n) is 10.5. The molecule has 1 aliphatic heterocycles. The van der Waals surface area contributed by atoms with E-state index in [0.717, 1.165) is 64.7 Å². The van der Waals surface area contributed by atoms with E-state index in [0.29, 0.717) is 24.7 Å². The van der Waals surface area contributed by atoms with E-state index < -0.39 is 0 Å². The van der Waals surface area contributed by atoms with Crippen molar-refractivity contribution in [3.8, 4) is 11.1 Å². The van der Waals surface area contributed by atoms with Gasteiger partial charge in [-0.3, -0.25) is 4.79 Å². The summed E-state index contributed by atoms with van der Waals surface area (Å²) in [7, 11) is 3.84. The first-order valence-corrected chi connectivity index (χ1v) is 13.2. The fourth-order valence-corrected chi connectivity index (χ4v) is 5.60. The van der Waals surface area contributed by atoms with Crippen molar-refractivity contribution in [1.82, 2.24) is 34.2 Å². The first kappa shape index (κ1) is 24.9. The fraction of sp³-hybridized carbons (Fsp3) is 0.310. The van der Waals surface area contributed by atoms with Crippen LogP contribution in [-0.2, 0) is 11.3 Å². The Morgan fingerprint density at radius 3 is 2.56 bits per heavy atom. The molecule has 39 heavy (non-hydrogen) atoms. The Balaban J connectivity index is 1.33. The molecule has 10 nitrogen and oxygen atoms in total. The predicted octanol–water partition coefficient (Wildman–Crippen LogP) is 3.23. The molecule has 5 aromatic rings. The lowest BCUT2D eigenvalue weighted by molar-refractivity contribution is -0.132. The van der Waals surface area contributed by atoms with Gasteiger partial charge in [-0.1, -0.05) is 36.4 Å². The van der Waals surface area contributed by atoms with Gasteiger partial charge in [0, 0.05) is 35.7 Å². The van der Waals surface area contributed by atoms with Crippen LogP contribution in [0.15, 0.2) is 60.9 Å². The molecule has 1 saturated heterocycles. The quantitative estimate of drug-likeness (QED) is 0.350. The number of piperidine rings is 1. The van der Waals surface area contributed by atoms with Crippen LogP contribution in [0.3, 0.4) is 0 Å². The topological polar surface area (TPSA) is 124 Å². The summed E-state index contributed by atoms with van der Waals surface area (Å²) in [4.78, 5) is 20.7. The number of anilines is 2. The van der Waals surface area contributed by atoms with Crippen molar-refractivity contribution in [2.24, 2.45) is 0 Å². The maximum Gasteiger partial charge on any atom is 0.236 e. The predicted molar refractivity (Wildman–Crippen MR) is 153 cm³/mol. The highest BCUT2D eigenvalue weighted by molar-refractivity contribution is 5.96. The third-order valence-electron chi connectivity index (χ3n) is 7.59. The van der Waals surface area contributed by atoms with E-state index in [4.69, 9.17) is 16.6 Å². The number of nitrogens with zero attached hydrogens (tertiary/aromatic N) is 7. The van der Waals surface area contributed by atoms with E-state index in [-0.39, 0.29) is 11.8 Å². The summed E-state index contributed by atoms with van der Waals surface area (Å²) in [6, 6.07) is 18.5. The molecular weight excluding hydrogens is 490 g/mol. The van der Waals surface area contributed by atoms with Gasteiger partial charge < -0.3 is 21.3 Å². The summed E-state index contributed by atoms with van der Waals surface area (Å²) in [5.74, 6) is 1.50. The highest BCUT2D eigenvalue weighted by Crippen LogP contribution is 2.38. The van der Waals surface area contributed by atoms with Crippen LogP contribution < -0.4 is 11.5 Å². The van der Waals surface area contributed by atoms with Gasteiger partial charge in [0.1, 0.15) is 17.7 Å². The first-order chi connectivity index (χ1) is 18.9. The minimum Gasteiger partial charge on any atom is -0.383 e. The Morgan fingerprint density at radius 1 is 1.05 bits per heavy atom. The van der Waals surface area contributed by atoms with Crippen molar-refractivity contribution in [3.05, 3.63) is 72.2 Å². The lowest BCUT2D eigenvalue weighted by Gasteiger charge is -2.32. The van der Waals surface area contributed by atoms with Crippen LogP contribution in [0.4, 0.5) is 11.6 Å². The number of benzene rings is 2. The maximum atomic E-state index is 12.6. The average Bonchev–Trinajstić information content (AvgIpc) is 3.47. The van der Waals surface area contributed by atoms with E-state index in [1.807, 2.05) is 57.4 Å². The average molecular weight is 524 g/mol. The van der Waals surface area contributed by atoms with Gasteiger partial charge in [-0.05, 0) is 56.3 Å². The van der Waals surface area contributed by atoms with Gasteiger partial charge in [-0.25, -0.2) is 14.2 Å². The van der Waals surface area contributed by atoms with Crippen LogP contribution in [0.2, 0.25) is 0 Å². The van der Waals surface area contributed by atoms with Crippen molar-refractivity contribution < 1.29 is 4.79 Å². The zero-order valence-electron chi connectivity index (χ0n) is 22.3. The monoisotopic (exact) mass is 523 g/mol. The molecule has 1 aliphatic rings. The lowest BCUT2D eigenvalue weighted by Crippen LogP contribution is -2.42. The third kappa shape index (κ3) is 4.67. The number of nitrogen functional groups attached to an aromatic ring is 2. The molecule has 2 aromatic carbocycles. The molecule has 0 unspecified atom stereocenters. The minimum atomic E-state index is 0.171. The molecule has 0 atom stereocenters. The van der Waals surface area contributed by atoms with Crippen molar-refractivity contribution in [1.29, 1.82) is 0 Å². The van der Waals surface area contributed by atoms with Crippen LogP contribution in [0, 0.1) is 0 Å². The van der Waals surface area contributed by atoms with E-state index in [1.165, 1.54) is 6.33 Å². The van der Waals surface area contributed by atoms with Crippen molar-refractivity contribution >= 4 is 34.0 Å². The number of carbonyl (C=O) groups excluding carboxylic acids is 1. The highest BCUT2D eigenvalue weighted by atomic mass is 16.2. The maximum absolute atomic E-state index is 12.6. The molecule has 0 bridgehead atoms. The van der Waals surface area contributed by atoms with Gasteiger partial charge in [0.2, 0.25) is 5.91 Å². The number of rotatable bonds is 6. The normalized spacial score (nSPS) is 14.6. The van der Waals surface area contributed by atoms with E-state index >= 15 is 0 Å². The summed E-state index contributed by atoms with van der Waals surface area (Å²) in [6.07, 6.45) is 3.24. The number of likely N-dealkylation sites (N-methyl/N-ethyl adjacent to an activating group) is 1. The van der Waals surface area contributed by atoms with Gasteiger partial charge in [-0.15, -0.1) is 0 Å². The molecule has 0 radical (unpaired) electrons. The number of aromatic nitrogens is 5. The molecule has 1 amide bonds. The highest BCUT2D eigenvalue weighted by Gasteiger charge is 2.28. The number of carbonyl (C=O) groups is 1. The van der Waals surface area contributed by atoms with E-state index in [1.54, 1.807) is 0 Å². The van der Waals surface area contributed by atoms with Gasteiger partial charge >= 0.3 is 0 Å². The minimum absolute atomic E-state index is 0.171. The molecule has 4 heterocycles. The Morgan fingerprint density at radius 2 is 1.82 bits per heavy atom. The Hall–Kier alpha value is -4.44. The fourth-order valence-electron chi connectivity index (χ4n) is 5.60. The van der Waals surface area contributed by atoms with Gasteiger partial charge in [0.25, 0.3) is 0 Å². The van der Waals surface area contributed by atoms with Gasteiger partial charge in [0.15, 0.2) is 5.82 Å². The standard InChI is InChI=1S/C29H33N9O/c1-35(2)17-26(39)36-12-10-20(11-13-36)25-15-23(27-28(30)32-18-33-38(25)27)21-8-9-22-24(14-21)34-37(29(22)31)16-19-6-4-3-5-7-19/h3-9,14-15,18,20H,10-13,16-17,31H2,1-2H3,(H2,30,32,33). The van der Waals surface area contributed by atoms with E-state index in [2.05, 4.69) is 40.4 Å². The summed E-state index contributed by atoms with van der Waals surface area (Å²) in [5, 5.41) is 10.3. The van der Waals surface area contributed by atoms with Crippen LogP contribution in [0.1, 0.15) is 30.0 Å². The Labute approximate surface area is 226 Å². The zero-order valence-corrected chi connectivity index (χ0v) is 22.3. The Bertz CT molecular complexity index is 1650. The lowest BCUT2D eigenvalue weighted by atomic mass is 9.93. The summed E-state index contributed by atoms with van der Waals surface area (Å²) < 4.78 is 3.77. The molecular formula is C29H33N9O. The van der Waals surface area contributed by atoms with Crippen molar-refractivity contribution in [3.63, 3.8) is 0 Å².